The van der Waals surface area contributed by atoms with Crippen LogP contribution >= 0.6 is 0 Å². The molecule has 18 heavy (non-hydrogen) atoms. The van der Waals surface area contributed by atoms with Crippen molar-refractivity contribution in [3.63, 3.8) is 0 Å². The number of ether oxygens (including phenoxy) is 1. The molecule has 1 aromatic carbocycles. The van der Waals surface area contributed by atoms with Crippen LogP contribution in [0.4, 0.5) is 0 Å². The van der Waals surface area contributed by atoms with E-state index in [-0.39, 0.29) is 24.3 Å². The zero-order valence-corrected chi connectivity index (χ0v) is 10.4. The number of phenols is 1. The van der Waals surface area contributed by atoms with Gasteiger partial charge in [-0.3, -0.25) is 4.79 Å². The molecule has 1 aromatic rings. The van der Waals surface area contributed by atoms with Crippen LogP contribution in [-0.2, 0) is 4.79 Å². The summed E-state index contributed by atoms with van der Waals surface area (Å²) < 4.78 is 5.40. The number of benzene rings is 1. The van der Waals surface area contributed by atoms with Crippen LogP contribution in [0, 0.1) is 0 Å². The summed E-state index contributed by atoms with van der Waals surface area (Å²) in [6.45, 7) is 4.43. The number of piperazine rings is 1. The lowest BCUT2D eigenvalue weighted by molar-refractivity contribution is -0.136. The molecule has 5 nitrogen and oxygen atoms in total. The van der Waals surface area contributed by atoms with Gasteiger partial charge in [-0.2, -0.15) is 0 Å². The summed E-state index contributed by atoms with van der Waals surface area (Å²) >= 11 is 0. The Morgan fingerprint density at radius 3 is 2.89 bits per heavy atom. The summed E-state index contributed by atoms with van der Waals surface area (Å²) in [6.07, 6.45) is 0. The van der Waals surface area contributed by atoms with Crippen molar-refractivity contribution in [1.29, 1.82) is 0 Å². The molecule has 0 aromatic heterocycles. The number of rotatable bonds is 3. The van der Waals surface area contributed by atoms with Gasteiger partial charge < -0.3 is 20.1 Å². The number of hydrogen-bond donors (Lipinski definition) is 2. The molecule has 98 valence electrons. The molecule has 1 amide bonds. The Labute approximate surface area is 106 Å². The first-order valence-corrected chi connectivity index (χ1v) is 6.09. The third-order valence-corrected chi connectivity index (χ3v) is 3.02. The summed E-state index contributed by atoms with van der Waals surface area (Å²) in [7, 11) is 0. The van der Waals surface area contributed by atoms with Crippen LogP contribution in [0.2, 0.25) is 0 Å². The molecule has 2 rings (SSSR count). The van der Waals surface area contributed by atoms with Gasteiger partial charge in [-0.15, -0.1) is 0 Å². The summed E-state index contributed by atoms with van der Waals surface area (Å²) in [5.74, 6) is 0.769. The number of phenolic OH excluding ortho intramolecular Hbond substituents is 1. The van der Waals surface area contributed by atoms with E-state index in [9.17, 15) is 4.79 Å². The lowest BCUT2D eigenvalue weighted by atomic mass is 10.2. The molecule has 1 fully saturated rings. The van der Waals surface area contributed by atoms with Crippen molar-refractivity contribution in [1.82, 2.24) is 10.2 Å². The minimum Gasteiger partial charge on any atom is -0.508 e. The van der Waals surface area contributed by atoms with Crippen LogP contribution in [0.1, 0.15) is 6.92 Å². The van der Waals surface area contributed by atoms with E-state index in [1.54, 1.807) is 12.1 Å². The molecule has 0 spiro atoms. The first-order chi connectivity index (χ1) is 8.66. The second kappa shape index (κ2) is 5.73. The standard InChI is InChI=1S/C13H18N2O3/c1-10-8-14-6-7-15(10)13(17)9-18-12-4-2-11(16)3-5-12/h2-5,10,14,16H,6-9H2,1H3/t10-/m1/s1. The third-order valence-electron chi connectivity index (χ3n) is 3.02. The maximum absolute atomic E-state index is 12.0. The van der Waals surface area contributed by atoms with Crippen LogP contribution in [-0.4, -0.2) is 48.2 Å². The van der Waals surface area contributed by atoms with Crippen molar-refractivity contribution in [3.05, 3.63) is 24.3 Å². The van der Waals surface area contributed by atoms with Crippen molar-refractivity contribution < 1.29 is 14.6 Å². The molecule has 0 radical (unpaired) electrons. The van der Waals surface area contributed by atoms with Gasteiger partial charge in [-0.1, -0.05) is 0 Å². The molecule has 1 aliphatic heterocycles. The van der Waals surface area contributed by atoms with E-state index in [4.69, 9.17) is 9.84 Å². The van der Waals surface area contributed by atoms with Gasteiger partial charge in [-0.05, 0) is 31.2 Å². The molecule has 2 N–H and O–H groups in total. The quantitative estimate of drug-likeness (QED) is 0.824. The molecule has 5 heteroatoms. The Kier molecular flexibility index (Phi) is 4.04. The number of nitrogens with zero attached hydrogens (tertiary/aromatic N) is 1. The summed E-state index contributed by atoms with van der Waals surface area (Å²) in [5, 5.41) is 12.4. The van der Waals surface area contributed by atoms with Crippen molar-refractivity contribution in [2.45, 2.75) is 13.0 Å². The SMILES string of the molecule is C[C@@H]1CNCCN1C(=O)COc1ccc(O)cc1. The lowest BCUT2D eigenvalue weighted by Crippen LogP contribution is -2.53. The first kappa shape index (κ1) is 12.7. The molecule has 0 unspecified atom stereocenters. The van der Waals surface area contributed by atoms with Crippen molar-refractivity contribution in [2.75, 3.05) is 26.2 Å². The molecular formula is C13H18N2O3. The van der Waals surface area contributed by atoms with E-state index in [1.165, 1.54) is 12.1 Å². The fourth-order valence-corrected chi connectivity index (χ4v) is 1.98. The number of nitrogens with one attached hydrogen (secondary N) is 1. The van der Waals surface area contributed by atoms with Gasteiger partial charge >= 0.3 is 0 Å². The van der Waals surface area contributed by atoms with Crippen LogP contribution in [0.3, 0.4) is 0 Å². The summed E-state index contributed by atoms with van der Waals surface area (Å²) in [6, 6.07) is 6.56. The molecule has 0 saturated carbocycles. The number of amides is 1. The van der Waals surface area contributed by atoms with Gasteiger partial charge in [0.2, 0.25) is 0 Å². The molecular weight excluding hydrogens is 232 g/mol. The Morgan fingerprint density at radius 1 is 1.50 bits per heavy atom. The summed E-state index contributed by atoms with van der Waals surface area (Å²) in [4.78, 5) is 13.8. The number of hydrogen-bond acceptors (Lipinski definition) is 4. The van der Waals surface area contributed by atoms with Gasteiger partial charge in [0.1, 0.15) is 11.5 Å². The minimum atomic E-state index is -0.00271. The highest BCUT2D eigenvalue weighted by Crippen LogP contribution is 2.16. The average Bonchev–Trinajstić information content (AvgIpc) is 2.38. The van der Waals surface area contributed by atoms with E-state index >= 15 is 0 Å². The molecule has 1 heterocycles. The predicted molar refractivity (Wildman–Crippen MR) is 67.6 cm³/mol. The molecule has 1 atom stereocenters. The van der Waals surface area contributed by atoms with E-state index in [0.29, 0.717) is 5.75 Å². The monoisotopic (exact) mass is 250 g/mol. The van der Waals surface area contributed by atoms with Crippen LogP contribution in [0.25, 0.3) is 0 Å². The number of carbonyl (C=O) groups excluding carboxylic acids is 1. The Morgan fingerprint density at radius 2 is 2.22 bits per heavy atom. The number of aromatic hydroxyl groups is 1. The fraction of sp³-hybridized carbons (Fsp3) is 0.462. The molecule has 1 saturated heterocycles. The topological polar surface area (TPSA) is 61.8 Å². The average molecular weight is 250 g/mol. The predicted octanol–water partition coefficient (Wildman–Crippen LogP) is 0.591. The molecule has 0 aliphatic carbocycles. The normalized spacial score (nSPS) is 19.6. The Balaban J connectivity index is 1.85. The zero-order valence-electron chi connectivity index (χ0n) is 10.4. The van der Waals surface area contributed by atoms with Gasteiger partial charge in [-0.25, -0.2) is 0 Å². The molecule has 1 aliphatic rings. The van der Waals surface area contributed by atoms with E-state index in [1.807, 2.05) is 11.8 Å². The van der Waals surface area contributed by atoms with Crippen molar-refractivity contribution in [2.24, 2.45) is 0 Å². The highest BCUT2D eigenvalue weighted by atomic mass is 16.5. The Bertz CT molecular complexity index is 405. The Hall–Kier alpha value is -1.75. The van der Waals surface area contributed by atoms with Gasteiger partial charge in [0.05, 0.1) is 0 Å². The third kappa shape index (κ3) is 3.13. The second-order valence-corrected chi connectivity index (χ2v) is 4.42. The zero-order chi connectivity index (χ0) is 13.0. The van der Waals surface area contributed by atoms with E-state index in [0.717, 1.165) is 19.6 Å². The smallest absolute Gasteiger partial charge is 0.260 e. The van der Waals surface area contributed by atoms with Gasteiger partial charge in [0.25, 0.3) is 5.91 Å². The van der Waals surface area contributed by atoms with Crippen LogP contribution < -0.4 is 10.1 Å². The largest absolute Gasteiger partial charge is 0.508 e. The van der Waals surface area contributed by atoms with E-state index < -0.39 is 0 Å². The van der Waals surface area contributed by atoms with Crippen molar-refractivity contribution in [3.8, 4) is 11.5 Å². The second-order valence-electron chi connectivity index (χ2n) is 4.42. The highest BCUT2D eigenvalue weighted by Gasteiger charge is 2.22. The number of carbonyl (C=O) groups is 1. The minimum absolute atomic E-state index is 0.00271. The van der Waals surface area contributed by atoms with Crippen LogP contribution in [0.5, 0.6) is 11.5 Å². The maximum atomic E-state index is 12.0. The highest BCUT2D eigenvalue weighted by molar-refractivity contribution is 5.78. The van der Waals surface area contributed by atoms with E-state index in [2.05, 4.69) is 5.32 Å². The van der Waals surface area contributed by atoms with Crippen molar-refractivity contribution >= 4 is 5.91 Å². The summed E-state index contributed by atoms with van der Waals surface area (Å²) in [5.41, 5.74) is 0. The van der Waals surface area contributed by atoms with Gasteiger partial charge in [0.15, 0.2) is 6.61 Å². The lowest BCUT2D eigenvalue weighted by Gasteiger charge is -2.33. The maximum Gasteiger partial charge on any atom is 0.260 e. The van der Waals surface area contributed by atoms with Gasteiger partial charge in [0, 0.05) is 25.7 Å². The fourth-order valence-electron chi connectivity index (χ4n) is 1.98. The molecule has 0 bridgehead atoms. The first-order valence-electron chi connectivity index (χ1n) is 6.09. The van der Waals surface area contributed by atoms with Crippen LogP contribution in [0.15, 0.2) is 24.3 Å².